The first kappa shape index (κ1) is 11.2. The van der Waals surface area contributed by atoms with E-state index in [0.29, 0.717) is 0 Å². The van der Waals surface area contributed by atoms with E-state index in [-0.39, 0.29) is 12.1 Å². The molecule has 0 radical (unpaired) electrons. The highest BCUT2D eigenvalue weighted by Gasteiger charge is 2.30. The minimum atomic E-state index is -1.47. The Morgan fingerprint density at radius 2 is 1.92 bits per heavy atom. The molecule has 0 aromatic rings. The molecule has 1 aliphatic heterocycles. The van der Waals surface area contributed by atoms with Gasteiger partial charge in [0.2, 0.25) is 0 Å². The Hall–Kier alpha value is -0.820. The molecule has 6 heteroatoms. The fourth-order valence-electron chi connectivity index (χ4n) is 0.786. The summed E-state index contributed by atoms with van der Waals surface area (Å²) >= 11 is 0. The molecular formula is C6H12O6. The maximum absolute atomic E-state index is 9.02. The molecule has 6 nitrogen and oxygen atoms in total. The quantitative estimate of drug-likeness (QED) is 0.333. The molecule has 1 aliphatic rings. The first-order chi connectivity index (χ1) is 5.13. The van der Waals surface area contributed by atoms with Gasteiger partial charge in [0.1, 0.15) is 31.2 Å². The van der Waals surface area contributed by atoms with Gasteiger partial charge in [-0.2, -0.15) is 0 Å². The van der Waals surface area contributed by atoms with Crippen LogP contribution < -0.4 is 0 Å². The van der Waals surface area contributed by atoms with E-state index in [2.05, 4.69) is 4.74 Å². The van der Waals surface area contributed by atoms with Crippen LogP contribution in [0.3, 0.4) is 0 Å². The maximum atomic E-state index is 9.02. The smallest absolute Gasteiger partial charge is 0.158 e. The number of rotatable bonds is 0. The predicted octanol–water partition coefficient (Wildman–Crippen LogP) is -2.33. The van der Waals surface area contributed by atoms with Crippen molar-refractivity contribution >= 4 is 0 Å². The van der Waals surface area contributed by atoms with Gasteiger partial charge in [0.15, 0.2) is 5.76 Å². The second-order valence-electron chi connectivity index (χ2n) is 2.38. The maximum Gasteiger partial charge on any atom is 0.158 e. The fourth-order valence-corrected chi connectivity index (χ4v) is 0.786. The van der Waals surface area contributed by atoms with Crippen molar-refractivity contribution in [3.63, 3.8) is 0 Å². The Bertz CT molecular complexity index is 167. The van der Waals surface area contributed by atoms with E-state index in [1.54, 1.807) is 0 Å². The van der Waals surface area contributed by atoms with Crippen molar-refractivity contribution in [1.29, 1.82) is 0 Å². The standard InChI is InChI=1S/C6H10O5.H2O/c7-3-1-11-2-4(8)6(10)5(3)9;/h1,4-10H,2H2;1H2. The van der Waals surface area contributed by atoms with E-state index in [1.165, 1.54) is 0 Å². The van der Waals surface area contributed by atoms with Crippen LogP contribution in [0, 0.1) is 0 Å². The third-order valence-corrected chi connectivity index (χ3v) is 1.49. The number of hydrogen-bond donors (Lipinski definition) is 4. The van der Waals surface area contributed by atoms with Gasteiger partial charge in [0.25, 0.3) is 0 Å². The van der Waals surface area contributed by atoms with Gasteiger partial charge in [-0.25, -0.2) is 0 Å². The minimum Gasteiger partial charge on any atom is -0.506 e. The van der Waals surface area contributed by atoms with Crippen molar-refractivity contribution in [3.05, 3.63) is 12.0 Å². The molecular weight excluding hydrogens is 168 g/mol. The summed E-state index contributed by atoms with van der Waals surface area (Å²) in [5, 5.41) is 35.8. The van der Waals surface area contributed by atoms with Crippen LogP contribution in [0.5, 0.6) is 0 Å². The van der Waals surface area contributed by atoms with Crippen molar-refractivity contribution in [1.82, 2.24) is 0 Å². The molecule has 3 unspecified atom stereocenters. The Kier molecular flexibility index (Phi) is 3.98. The van der Waals surface area contributed by atoms with Gasteiger partial charge in [-0.3, -0.25) is 0 Å². The molecule has 0 saturated carbocycles. The van der Waals surface area contributed by atoms with Crippen LogP contribution in [0.1, 0.15) is 0 Å². The number of ether oxygens (including phenoxy) is 1. The summed E-state index contributed by atoms with van der Waals surface area (Å²) < 4.78 is 4.58. The van der Waals surface area contributed by atoms with Gasteiger partial charge in [-0.15, -0.1) is 0 Å². The van der Waals surface area contributed by atoms with Gasteiger partial charge in [0, 0.05) is 0 Å². The largest absolute Gasteiger partial charge is 0.506 e. The molecule has 12 heavy (non-hydrogen) atoms. The second kappa shape index (κ2) is 4.27. The van der Waals surface area contributed by atoms with Gasteiger partial charge in [-0.1, -0.05) is 0 Å². The Labute approximate surface area is 68.6 Å². The van der Waals surface area contributed by atoms with Gasteiger partial charge >= 0.3 is 0 Å². The average molecular weight is 180 g/mol. The molecule has 0 aliphatic carbocycles. The van der Waals surface area contributed by atoms with E-state index in [4.69, 9.17) is 20.4 Å². The van der Waals surface area contributed by atoms with Gasteiger partial charge in [0.05, 0.1) is 0 Å². The van der Waals surface area contributed by atoms with Crippen molar-refractivity contribution in [3.8, 4) is 0 Å². The third-order valence-electron chi connectivity index (χ3n) is 1.49. The third kappa shape index (κ3) is 2.08. The number of aliphatic hydroxyl groups excluding tert-OH is 4. The van der Waals surface area contributed by atoms with E-state index in [9.17, 15) is 0 Å². The molecule has 0 aromatic heterocycles. The SMILES string of the molecule is O.OC1=COCC(O)C(O)C1O. The summed E-state index contributed by atoms with van der Waals surface area (Å²) in [4.78, 5) is 0. The highest BCUT2D eigenvalue weighted by Crippen LogP contribution is 2.12. The highest BCUT2D eigenvalue weighted by molar-refractivity contribution is 5.01. The van der Waals surface area contributed by atoms with Crippen LogP contribution in [-0.4, -0.2) is 50.8 Å². The van der Waals surface area contributed by atoms with Crippen LogP contribution in [-0.2, 0) is 4.74 Å². The first-order valence-electron chi connectivity index (χ1n) is 3.17. The van der Waals surface area contributed by atoms with Crippen LogP contribution in [0.15, 0.2) is 12.0 Å². The zero-order valence-electron chi connectivity index (χ0n) is 6.21. The molecule has 72 valence electrons. The summed E-state index contributed by atoms with van der Waals surface area (Å²) in [6, 6.07) is 0. The molecule has 0 spiro atoms. The van der Waals surface area contributed by atoms with Crippen molar-refractivity contribution in [2.45, 2.75) is 18.3 Å². The zero-order valence-corrected chi connectivity index (χ0v) is 6.21. The van der Waals surface area contributed by atoms with Crippen LogP contribution in [0.25, 0.3) is 0 Å². The summed E-state index contributed by atoms with van der Waals surface area (Å²) in [6.07, 6.45) is -3.13. The summed E-state index contributed by atoms with van der Waals surface area (Å²) in [5.41, 5.74) is 0. The van der Waals surface area contributed by atoms with Crippen LogP contribution >= 0.6 is 0 Å². The zero-order chi connectivity index (χ0) is 8.43. The molecule has 1 rings (SSSR count). The summed E-state index contributed by atoms with van der Waals surface area (Å²) in [5.74, 6) is -0.478. The van der Waals surface area contributed by atoms with Crippen molar-refractivity contribution < 1.29 is 30.6 Å². The Morgan fingerprint density at radius 3 is 2.50 bits per heavy atom. The molecule has 1 heterocycles. The minimum absolute atomic E-state index is 0. The van der Waals surface area contributed by atoms with Gasteiger partial charge < -0.3 is 30.6 Å². The highest BCUT2D eigenvalue weighted by atomic mass is 16.5. The van der Waals surface area contributed by atoms with E-state index in [0.717, 1.165) is 6.26 Å². The lowest BCUT2D eigenvalue weighted by atomic mass is 10.1. The molecule has 3 atom stereocenters. The summed E-state index contributed by atoms with van der Waals surface area (Å²) in [6.45, 7) is -0.137. The average Bonchev–Trinajstić information content (AvgIpc) is 2.07. The molecule has 0 amide bonds. The topological polar surface area (TPSA) is 122 Å². The first-order valence-corrected chi connectivity index (χ1v) is 3.17. The van der Waals surface area contributed by atoms with Crippen LogP contribution in [0.2, 0.25) is 0 Å². The lowest BCUT2D eigenvalue weighted by Gasteiger charge is -2.17. The normalized spacial score (nSPS) is 35.6. The van der Waals surface area contributed by atoms with E-state index >= 15 is 0 Å². The summed E-state index contributed by atoms with van der Waals surface area (Å²) in [7, 11) is 0. The number of hydrogen-bond acceptors (Lipinski definition) is 5. The predicted molar refractivity (Wildman–Crippen MR) is 38.3 cm³/mol. The van der Waals surface area contributed by atoms with E-state index in [1.807, 2.05) is 0 Å². The molecule has 0 aromatic carbocycles. The lowest BCUT2D eigenvalue weighted by molar-refractivity contribution is -0.0639. The monoisotopic (exact) mass is 180 g/mol. The molecule has 0 bridgehead atoms. The molecule has 0 fully saturated rings. The van der Waals surface area contributed by atoms with E-state index < -0.39 is 24.1 Å². The Morgan fingerprint density at radius 1 is 1.33 bits per heavy atom. The van der Waals surface area contributed by atoms with Crippen LogP contribution in [0.4, 0.5) is 0 Å². The molecule has 6 N–H and O–H groups in total. The second-order valence-corrected chi connectivity index (χ2v) is 2.38. The number of aliphatic hydroxyl groups is 4. The van der Waals surface area contributed by atoms with Crippen molar-refractivity contribution in [2.75, 3.05) is 6.61 Å². The fraction of sp³-hybridized carbons (Fsp3) is 0.667. The lowest BCUT2D eigenvalue weighted by Crippen LogP contribution is -2.39. The van der Waals surface area contributed by atoms with Gasteiger partial charge in [-0.05, 0) is 0 Å². The van der Waals surface area contributed by atoms with Crippen molar-refractivity contribution in [2.24, 2.45) is 0 Å². The molecule has 0 saturated heterocycles. The Balaban J connectivity index is 0.00000121.